The van der Waals surface area contributed by atoms with Crippen molar-refractivity contribution >= 4 is 17.5 Å². The minimum absolute atomic E-state index is 0.103. The number of carbonyl (C=O) groups is 1. The average molecular weight is 360 g/mol. The molecule has 0 saturated heterocycles. The zero-order valence-corrected chi connectivity index (χ0v) is 15.9. The summed E-state index contributed by atoms with van der Waals surface area (Å²) in [5.74, 6) is 0.405. The lowest BCUT2D eigenvalue weighted by molar-refractivity contribution is 0.0987. The van der Waals surface area contributed by atoms with E-state index >= 15 is 0 Å². The van der Waals surface area contributed by atoms with Gasteiger partial charge in [-0.1, -0.05) is 36.4 Å². The van der Waals surface area contributed by atoms with Crippen LogP contribution in [0.4, 0.5) is 11.6 Å². The third-order valence-corrected chi connectivity index (χ3v) is 4.47. The van der Waals surface area contributed by atoms with Crippen molar-refractivity contribution in [2.75, 3.05) is 16.8 Å². The first kappa shape index (κ1) is 18.6. The number of aromatic nitrogens is 2. The molecule has 0 aliphatic heterocycles. The molecule has 2 aromatic carbocycles. The fourth-order valence-corrected chi connectivity index (χ4v) is 2.91. The highest BCUT2D eigenvalue weighted by molar-refractivity contribution is 6.05. The van der Waals surface area contributed by atoms with Gasteiger partial charge in [0.05, 0.1) is 5.56 Å². The van der Waals surface area contributed by atoms with E-state index in [2.05, 4.69) is 34.3 Å². The fraction of sp³-hybridized carbons (Fsp3) is 0.227. The van der Waals surface area contributed by atoms with Gasteiger partial charge in [-0.05, 0) is 49.6 Å². The number of anilines is 2. The lowest BCUT2D eigenvalue weighted by Gasteiger charge is -2.21. The molecule has 1 amide bonds. The maximum atomic E-state index is 12.8. The van der Waals surface area contributed by atoms with E-state index in [1.807, 2.05) is 50.2 Å². The molecule has 0 atom stereocenters. The normalized spacial score (nSPS) is 10.5. The Morgan fingerprint density at radius 1 is 1.04 bits per heavy atom. The molecule has 0 bridgehead atoms. The number of benzene rings is 2. The SMILES string of the molecule is CCN(C(=O)c1cnc(NCc2ccccc2C)nc1)c1cccc(C)c1. The van der Waals surface area contributed by atoms with Crippen molar-refractivity contribution in [2.45, 2.75) is 27.3 Å². The molecule has 5 heteroatoms. The summed E-state index contributed by atoms with van der Waals surface area (Å²) >= 11 is 0. The van der Waals surface area contributed by atoms with Crippen LogP contribution in [0.3, 0.4) is 0 Å². The van der Waals surface area contributed by atoms with Crippen LogP contribution in [0.15, 0.2) is 60.9 Å². The molecule has 0 unspecified atom stereocenters. The fourth-order valence-electron chi connectivity index (χ4n) is 2.91. The van der Waals surface area contributed by atoms with Gasteiger partial charge in [0, 0.05) is 31.2 Å². The predicted molar refractivity (Wildman–Crippen MR) is 109 cm³/mol. The van der Waals surface area contributed by atoms with Gasteiger partial charge in [0.1, 0.15) is 0 Å². The van der Waals surface area contributed by atoms with Crippen molar-refractivity contribution in [1.82, 2.24) is 9.97 Å². The summed E-state index contributed by atoms with van der Waals surface area (Å²) in [6.45, 7) is 7.27. The highest BCUT2D eigenvalue weighted by Crippen LogP contribution is 2.18. The molecular weight excluding hydrogens is 336 g/mol. The second kappa shape index (κ2) is 8.45. The van der Waals surface area contributed by atoms with Crippen molar-refractivity contribution in [3.63, 3.8) is 0 Å². The zero-order chi connectivity index (χ0) is 19.2. The monoisotopic (exact) mass is 360 g/mol. The summed E-state index contributed by atoms with van der Waals surface area (Å²) < 4.78 is 0. The quantitative estimate of drug-likeness (QED) is 0.709. The maximum Gasteiger partial charge on any atom is 0.261 e. The lowest BCUT2D eigenvalue weighted by atomic mass is 10.1. The molecule has 0 spiro atoms. The van der Waals surface area contributed by atoms with Gasteiger partial charge >= 0.3 is 0 Å². The molecule has 0 fully saturated rings. The molecule has 138 valence electrons. The van der Waals surface area contributed by atoms with E-state index in [9.17, 15) is 4.79 Å². The molecule has 0 aliphatic rings. The molecule has 0 aliphatic carbocycles. The summed E-state index contributed by atoms with van der Waals surface area (Å²) in [7, 11) is 0. The van der Waals surface area contributed by atoms with Crippen LogP contribution in [0, 0.1) is 13.8 Å². The number of nitrogens with one attached hydrogen (secondary N) is 1. The summed E-state index contributed by atoms with van der Waals surface area (Å²) in [6, 6.07) is 16.1. The first-order chi connectivity index (χ1) is 13.1. The number of hydrogen-bond acceptors (Lipinski definition) is 4. The van der Waals surface area contributed by atoms with Crippen molar-refractivity contribution in [2.24, 2.45) is 0 Å². The number of amides is 1. The third kappa shape index (κ3) is 4.50. The molecule has 27 heavy (non-hydrogen) atoms. The van der Waals surface area contributed by atoms with Crippen LogP contribution in [0.5, 0.6) is 0 Å². The summed E-state index contributed by atoms with van der Waals surface area (Å²) in [5, 5.41) is 3.20. The van der Waals surface area contributed by atoms with Crippen molar-refractivity contribution in [3.8, 4) is 0 Å². The Hall–Kier alpha value is -3.21. The number of aryl methyl sites for hydroxylation is 2. The van der Waals surface area contributed by atoms with E-state index in [0.717, 1.165) is 11.3 Å². The van der Waals surface area contributed by atoms with Crippen LogP contribution in [-0.2, 0) is 6.54 Å². The van der Waals surface area contributed by atoms with Crippen LogP contribution in [0.25, 0.3) is 0 Å². The Morgan fingerprint density at radius 3 is 2.44 bits per heavy atom. The summed E-state index contributed by atoms with van der Waals surface area (Å²) in [6.07, 6.45) is 3.15. The smallest absolute Gasteiger partial charge is 0.261 e. The van der Waals surface area contributed by atoms with Crippen molar-refractivity contribution in [1.29, 1.82) is 0 Å². The zero-order valence-electron chi connectivity index (χ0n) is 15.9. The molecule has 3 rings (SSSR count). The molecule has 1 aromatic heterocycles. The second-order valence-corrected chi connectivity index (χ2v) is 6.46. The van der Waals surface area contributed by atoms with Gasteiger partial charge in [0.25, 0.3) is 5.91 Å². The van der Waals surface area contributed by atoms with E-state index in [4.69, 9.17) is 0 Å². The Labute approximate surface area is 160 Å². The van der Waals surface area contributed by atoms with E-state index in [-0.39, 0.29) is 5.91 Å². The Balaban J connectivity index is 1.70. The molecule has 3 aromatic rings. The van der Waals surface area contributed by atoms with E-state index in [1.165, 1.54) is 11.1 Å². The standard InChI is InChI=1S/C22H24N4O/c1-4-26(20-11-7-8-16(2)12-20)21(27)19-14-24-22(25-15-19)23-13-18-10-6-5-9-17(18)3/h5-12,14-15H,4,13H2,1-3H3,(H,23,24,25). The number of hydrogen-bond donors (Lipinski definition) is 1. The topological polar surface area (TPSA) is 58.1 Å². The van der Waals surface area contributed by atoms with E-state index in [1.54, 1.807) is 17.3 Å². The highest BCUT2D eigenvalue weighted by atomic mass is 16.2. The lowest BCUT2D eigenvalue weighted by Crippen LogP contribution is -2.30. The van der Waals surface area contributed by atoms with Crippen LogP contribution < -0.4 is 10.2 Å². The largest absolute Gasteiger partial charge is 0.350 e. The average Bonchev–Trinajstić information content (AvgIpc) is 2.68. The Kier molecular flexibility index (Phi) is 5.81. The van der Waals surface area contributed by atoms with Crippen LogP contribution in [0.2, 0.25) is 0 Å². The molecule has 0 radical (unpaired) electrons. The molecule has 1 heterocycles. The first-order valence-electron chi connectivity index (χ1n) is 9.07. The molecule has 0 saturated carbocycles. The first-order valence-corrected chi connectivity index (χ1v) is 9.07. The molecular formula is C22H24N4O. The minimum Gasteiger partial charge on any atom is -0.350 e. The Bertz CT molecular complexity index is 922. The molecule has 1 N–H and O–H groups in total. The second-order valence-electron chi connectivity index (χ2n) is 6.46. The van der Waals surface area contributed by atoms with E-state index < -0.39 is 0 Å². The third-order valence-electron chi connectivity index (χ3n) is 4.47. The van der Waals surface area contributed by atoms with Gasteiger partial charge in [-0.2, -0.15) is 0 Å². The van der Waals surface area contributed by atoms with Gasteiger partial charge in [0.2, 0.25) is 5.95 Å². The van der Waals surface area contributed by atoms with Crippen molar-refractivity contribution in [3.05, 3.63) is 83.2 Å². The van der Waals surface area contributed by atoms with Gasteiger partial charge in [0.15, 0.2) is 0 Å². The Morgan fingerprint density at radius 2 is 1.78 bits per heavy atom. The predicted octanol–water partition coefficient (Wildman–Crippen LogP) is 4.37. The van der Waals surface area contributed by atoms with Gasteiger partial charge < -0.3 is 10.2 Å². The number of carbonyl (C=O) groups excluding carboxylic acids is 1. The van der Waals surface area contributed by atoms with E-state index in [0.29, 0.717) is 24.6 Å². The van der Waals surface area contributed by atoms with Crippen LogP contribution in [0.1, 0.15) is 34.0 Å². The highest BCUT2D eigenvalue weighted by Gasteiger charge is 2.17. The maximum absolute atomic E-state index is 12.8. The van der Waals surface area contributed by atoms with Crippen LogP contribution >= 0.6 is 0 Å². The van der Waals surface area contributed by atoms with Gasteiger partial charge in [-0.3, -0.25) is 4.79 Å². The van der Waals surface area contributed by atoms with Crippen molar-refractivity contribution < 1.29 is 4.79 Å². The summed E-state index contributed by atoms with van der Waals surface area (Å²) in [4.78, 5) is 23.2. The van der Waals surface area contributed by atoms with Gasteiger partial charge in [-0.15, -0.1) is 0 Å². The molecule has 5 nitrogen and oxygen atoms in total. The number of rotatable bonds is 6. The number of nitrogens with zero attached hydrogens (tertiary/aromatic N) is 3. The van der Waals surface area contributed by atoms with Crippen LogP contribution in [-0.4, -0.2) is 22.4 Å². The minimum atomic E-state index is -0.103. The van der Waals surface area contributed by atoms with Gasteiger partial charge in [-0.25, -0.2) is 9.97 Å². The summed E-state index contributed by atoms with van der Waals surface area (Å²) in [5.41, 5.74) is 4.88.